The third-order valence-corrected chi connectivity index (χ3v) is 2.76. The topological polar surface area (TPSA) is 12.4 Å². The predicted molar refractivity (Wildman–Crippen MR) is 70.4 cm³/mol. The number of hydrogen-bond donors (Lipinski definition) is 0. The molecule has 0 saturated heterocycles. The van der Waals surface area contributed by atoms with Gasteiger partial charge in [0.05, 0.1) is 0 Å². The monoisotopic (exact) mass is 263 g/mol. The molecule has 0 aromatic heterocycles. The molecular weight excluding hydrogens is 251 g/mol. The summed E-state index contributed by atoms with van der Waals surface area (Å²) in [7, 11) is 1.15. The highest BCUT2D eigenvalue weighted by Crippen LogP contribution is 2.25. The zero-order valence-corrected chi connectivity index (χ0v) is 10.3. The van der Waals surface area contributed by atoms with Crippen LogP contribution in [0.3, 0.4) is 0 Å². The number of halogens is 3. The summed E-state index contributed by atoms with van der Waals surface area (Å²) < 4.78 is 38.1. The Morgan fingerprint density at radius 3 is 1.84 bits per heavy atom. The number of benzene rings is 2. The zero-order chi connectivity index (χ0) is 13.9. The molecule has 0 amide bonds. The van der Waals surface area contributed by atoms with Crippen LogP contribution >= 0.6 is 0 Å². The van der Waals surface area contributed by atoms with Crippen LogP contribution in [0.2, 0.25) is 0 Å². The molecule has 0 saturated carbocycles. The Hall–Kier alpha value is -2.10. The van der Waals surface area contributed by atoms with Crippen LogP contribution in [0.4, 0.5) is 13.2 Å². The fourth-order valence-electron chi connectivity index (χ4n) is 1.87. The van der Waals surface area contributed by atoms with Gasteiger partial charge in [0.25, 0.3) is 0 Å². The van der Waals surface area contributed by atoms with Crippen LogP contribution in [-0.2, 0) is 0 Å². The first kappa shape index (κ1) is 13.3. The molecule has 1 nitrogen and oxygen atoms in total. The SMILES string of the molecule is CN=C(c1ccc(-c2ccccc2)cc1)C(F)(F)F. The molecule has 0 aliphatic carbocycles. The quantitative estimate of drug-likeness (QED) is 0.715. The van der Waals surface area contributed by atoms with Gasteiger partial charge in [0.2, 0.25) is 0 Å². The van der Waals surface area contributed by atoms with E-state index in [1.807, 2.05) is 30.3 Å². The second kappa shape index (κ2) is 5.26. The van der Waals surface area contributed by atoms with E-state index in [1.54, 1.807) is 12.1 Å². The van der Waals surface area contributed by atoms with E-state index in [-0.39, 0.29) is 5.56 Å². The van der Waals surface area contributed by atoms with Gasteiger partial charge in [-0.25, -0.2) is 0 Å². The van der Waals surface area contributed by atoms with Gasteiger partial charge in [-0.3, -0.25) is 4.99 Å². The van der Waals surface area contributed by atoms with E-state index in [9.17, 15) is 13.2 Å². The van der Waals surface area contributed by atoms with Crippen molar-refractivity contribution in [1.29, 1.82) is 0 Å². The first-order valence-corrected chi connectivity index (χ1v) is 5.72. The van der Waals surface area contributed by atoms with Crippen molar-refractivity contribution in [2.75, 3.05) is 7.05 Å². The van der Waals surface area contributed by atoms with Gasteiger partial charge in [-0.2, -0.15) is 13.2 Å². The molecule has 0 aliphatic heterocycles. The highest BCUT2D eigenvalue weighted by Gasteiger charge is 2.36. The second-order valence-electron chi connectivity index (χ2n) is 4.01. The molecule has 98 valence electrons. The molecule has 0 atom stereocenters. The Labute approximate surface area is 109 Å². The van der Waals surface area contributed by atoms with Gasteiger partial charge in [0, 0.05) is 12.6 Å². The summed E-state index contributed by atoms with van der Waals surface area (Å²) in [6.07, 6.45) is -4.43. The van der Waals surface area contributed by atoms with Crippen LogP contribution < -0.4 is 0 Å². The van der Waals surface area contributed by atoms with E-state index >= 15 is 0 Å². The lowest BCUT2D eigenvalue weighted by Gasteiger charge is -2.10. The summed E-state index contributed by atoms with van der Waals surface area (Å²) in [6.45, 7) is 0. The summed E-state index contributed by atoms with van der Waals surface area (Å²) >= 11 is 0. The lowest BCUT2D eigenvalue weighted by atomic mass is 10.0. The van der Waals surface area contributed by atoms with Gasteiger partial charge in [0.15, 0.2) is 0 Å². The maximum atomic E-state index is 12.7. The van der Waals surface area contributed by atoms with E-state index in [0.29, 0.717) is 0 Å². The normalized spacial score (nSPS) is 12.5. The van der Waals surface area contributed by atoms with E-state index in [1.165, 1.54) is 12.1 Å². The minimum absolute atomic E-state index is 0.0784. The third-order valence-electron chi connectivity index (χ3n) is 2.76. The molecule has 2 rings (SSSR count). The molecule has 0 spiro atoms. The number of hydrogen-bond acceptors (Lipinski definition) is 1. The van der Waals surface area contributed by atoms with Crippen molar-refractivity contribution in [3.05, 3.63) is 60.2 Å². The first-order chi connectivity index (χ1) is 9.02. The van der Waals surface area contributed by atoms with E-state index in [4.69, 9.17) is 0 Å². The summed E-state index contributed by atoms with van der Waals surface area (Å²) in [5.41, 5.74) is 1.07. The van der Waals surface area contributed by atoms with Gasteiger partial charge in [0.1, 0.15) is 5.71 Å². The second-order valence-corrected chi connectivity index (χ2v) is 4.01. The Kier molecular flexibility index (Phi) is 3.69. The van der Waals surface area contributed by atoms with Crippen molar-refractivity contribution < 1.29 is 13.2 Å². The molecule has 0 radical (unpaired) electrons. The number of nitrogens with zero attached hydrogens (tertiary/aromatic N) is 1. The van der Waals surface area contributed by atoms with Crippen molar-refractivity contribution in [3.63, 3.8) is 0 Å². The molecule has 4 heteroatoms. The van der Waals surface area contributed by atoms with Crippen molar-refractivity contribution in [2.24, 2.45) is 4.99 Å². The van der Waals surface area contributed by atoms with Gasteiger partial charge in [-0.15, -0.1) is 0 Å². The third kappa shape index (κ3) is 3.02. The molecule has 0 aliphatic rings. The lowest BCUT2D eigenvalue weighted by molar-refractivity contribution is -0.0581. The summed E-state index contributed by atoms with van der Waals surface area (Å²) in [4.78, 5) is 3.32. The lowest BCUT2D eigenvalue weighted by Crippen LogP contribution is -2.23. The molecule has 0 heterocycles. The van der Waals surface area contributed by atoms with E-state index in [2.05, 4.69) is 4.99 Å². The van der Waals surface area contributed by atoms with Crippen LogP contribution in [0.1, 0.15) is 5.56 Å². The van der Waals surface area contributed by atoms with Crippen LogP contribution in [0, 0.1) is 0 Å². The number of alkyl halides is 3. The Morgan fingerprint density at radius 1 is 0.842 bits per heavy atom. The van der Waals surface area contributed by atoms with Gasteiger partial charge < -0.3 is 0 Å². The molecule has 0 N–H and O–H groups in total. The minimum atomic E-state index is -4.43. The summed E-state index contributed by atoms with van der Waals surface area (Å²) in [6, 6.07) is 15.7. The van der Waals surface area contributed by atoms with Crippen LogP contribution in [0.15, 0.2) is 59.6 Å². The number of rotatable bonds is 2. The maximum absolute atomic E-state index is 12.7. The van der Waals surface area contributed by atoms with Crippen LogP contribution in [0.25, 0.3) is 11.1 Å². The maximum Gasteiger partial charge on any atom is 0.433 e. The van der Waals surface area contributed by atoms with Crippen molar-refractivity contribution in [3.8, 4) is 11.1 Å². The standard InChI is InChI=1S/C15H12F3N/c1-19-14(15(16,17)18)13-9-7-12(8-10-13)11-5-3-2-4-6-11/h2-10H,1H3. The highest BCUT2D eigenvalue weighted by atomic mass is 19.4. The molecule has 0 unspecified atom stereocenters. The average Bonchev–Trinajstić information content (AvgIpc) is 2.40. The highest BCUT2D eigenvalue weighted by molar-refractivity contribution is 6.04. The van der Waals surface area contributed by atoms with Gasteiger partial charge in [-0.1, -0.05) is 54.6 Å². The predicted octanol–water partition coefficient (Wildman–Crippen LogP) is 4.33. The van der Waals surface area contributed by atoms with Crippen molar-refractivity contribution >= 4 is 5.71 Å². The van der Waals surface area contributed by atoms with Gasteiger partial charge >= 0.3 is 6.18 Å². The Morgan fingerprint density at radius 2 is 1.37 bits per heavy atom. The Bertz CT molecular complexity index is 569. The van der Waals surface area contributed by atoms with E-state index in [0.717, 1.165) is 18.2 Å². The molecule has 19 heavy (non-hydrogen) atoms. The van der Waals surface area contributed by atoms with E-state index < -0.39 is 11.9 Å². The summed E-state index contributed by atoms with van der Waals surface area (Å²) in [5.74, 6) is 0. The molecule has 2 aromatic carbocycles. The smallest absolute Gasteiger partial charge is 0.283 e. The molecule has 0 fully saturated rings. The molecule has 0 bridgehead atoms. The van der Waals surface area contributed by atoms with Crippen LogP contribution in [0.5, 0.6) is 0 Å². The summed E-state index contributed by atoms with van der Waals surface area (Å²) in [5, 5.41) is 0. The molecule has 2 aromatic rings. The Balaban J connectivity index is 2.34. The average molecular weight is 263 g/mol. The van der Waals surface area contributed by atoms with Crippen molar-refractivity contribution in [2.45, 2.75) is 6.18 Å². The van der Waals surface area contributed by atoms with Crippen molar-refractivity contribution in [1.82, 2.24) is 0 Å². The first-order valence-electron chi connectivity index (χ1n) is 5.72. The van der Waals surface area contributed by atoms with Crippen LogP contribution in [-0.4, -0.2) is 18.9 Å². The van der Waals surface area contributed by atoms with Gasteiger partial charge in [-0.05, 0) is 11.1 Å². The largest absolute Gasteiger partial charge is 0.433 e. The number of aliphatic imine (C=N–C) groups is 1. The fourth-order valence-corrected chi connectivity index (χ4v) is 1.87. The fraction of sp³-hybridized carbons (Fsp3) is 0.133. The molecular formula is C15H12F3N. The minimum Gasteiger partial charge on any atom is -0.283 e. The zero-order valence-electron chi connectivity index (χ0n) is 10.3.